The number of carbonyl (C=O) groups excluding carboxylic acids is 3. The third-order valence-electron chi connectivity index (χ3n) is 10.4. The molecule has 1 amide bonds. The monoisotopic (exact) mass is 610 g/mol. The van der Waals surface area contributed by atoms with E-state index in [9.17, 15) is 19.6 Å². The molecule has 0 radical (unpaired) electrons. The number of hydrogen-bond acceptors (Lipinski definition) is 12. The summed E-state index contributed by atoms with van der Waals surface area (Å²) in [5.41, 5.74) is -1.90. The second-order valence-electron chi connectivity index (χ2n) is 13.5. The highest BCUT2D eigenvalue weighted by atomic mass is 16.8. The lowest BCUT2D eigenvalue weighted by Gasteiger charge is -2.41. The van der Waals surface area contributed by atoms with Gasteiger partial charge in [0.1, 0.15) is 6.10 Å². The molecule has 0 aromatic rings. The van der Waals surface area contributed by atoms with Gasteiger partial charge in [-0.2, -0.15) is 0 Å². The van der Waals surface area contributed by atoms with E-state index in [1.54, 1.807) is 32.7 Å². The van der Waals surface area contributed by atoms with Crippen LogP contribution in [0.2, 0.25) is 0 Å². The van der Waals surface area contributed by atoms with Gasteiger partial charge in [0.15, 0.2) is 24.1 Å². The van der Waals surface area contributed by atoms with E-state index in [0.29, 0.717) is 25.0 Å². The van der Waals surface area contributed by atoms with Crippen LogP contribution in [0.5, 0.6) is 0 Å². The van der Waals surface area contributed by atoms with E-state index in [2.05, 4.69) is 5.16 Å². The normalized spacial score (nSPS) is 49.6. The van der Waals surface area contributed by atoms with Gasteiger partial charge in [0, 0.05) is 24.8 Å². The topological polar surface area (TPSA) is 152 Å². The molecule has 2 bridgehead atoms. The molecule has 0 aliphatic carbocycles. The quantitative estimate of drug-likeness (QED) is 0.215. The average Bonchev–Trinajstić information content (AvgIpc) is 3.50. The number of esters is 1. The molecule has 5 aliphatic heterocycles. The van der Waals surface area contributed by atoms with Gasteiger partial charge in [-0.15, -0.1) is 0 Å². The van der Waals surface area contributed by atoms with Crippen molar-refractivity contribution in [3.8, 4) is 0 Å². The fourth-order valence-corrected chi connectivity index (χ4v) is 8.15. The number of likely N-dealkylation sites (N-methyl/N-ethyl adjacent to an activating group) is 1. The first kappa shape index (κ1) is 31.8. The highest BCUT2D eigenvalue weighted by Crippen LogP contribution is 2.48. The van der Waals surface area contributed by atoms with Crippen LogP contribution in [0.4, 0.5) is 9.59 Å². The number of oxime groups is 1. The Kier molecular flexibility index (Phi) is 8.40. The Morgan fingerprint density at radius 3 is 2.37 bits per heavy atom. The van der Waals surface area contributed by atoms with Gasteiger partial charge in [-0.05, 0) is 47.0 Å². The molecule has 5 saturated heterocycles. The molecular weight excluding hydrogens is 564 g/mol. The molecule has 5 fully saturated rings. The maximum atomic E-state index is 13.7. The predicted octanol–water partition coefficient (Wildman–Crippen LogP) is 3.88. The molecule has 0 unspecified atom stereocenters. The van der Waals surface area contributed by atoms with Crippen LogP contribution >= 0.6 is 0 Å². The zero-order valence-corrected chi connectivity index (χ0v) is 26.5. The molecule has 5 aliphatic rings. The molecule has 0 aromatic heterocycles. The van der Waals surface area contributed by atoms with E-state index in [1.807, 2.05) is 34.6 Å². The molecule has 13 nitrogen and oxygen atoms in total. The van der Waals surface area contributed by atoms with Crippen LogP contribution < -0.4 is 0 Å². The minimum atomic E-state index is -1.30. The van der Waals surface area contributed by atoms with Crippen LogP contribution in [-0.4, -0.2) is 101 Å². The van der Waals surface area contributed by atoms with Crippen molar-refractivity contribution in [2.45, 2.75) is 135 Å². The maximum Gasteiger partial charge on any atom is 0.509 e. The number of cyclic esters (lactones) is 1. The summed E-state index contributed by atoms with van der Waals surface area (Å²) in [7, 11) is 1.71. The summed E-state index contributed by atoms with van der Waals surface area (Å²) in [4.78, 5) is 40.1. The van der Waals surface area contributed by atoms with Crippen molar-refractivity contribution < 1.29 is 52.7 Å². The fourth-order valence-electron chi connectivity index (χ4n) is 8.15. The Balaban J connectivity index is 1.51. The van der Waals surface area contributed by atoms with Gasteiger partial charge >= 0.3 is 18.2 Å². The third kappa shape index (κ3) is 5.24. The summed E-state index contributed by atoms with van der Waals surface area (Å²) < 4.78 is 42.6. The van der Waals surface area contributed by atoms with Crippen molar-refractivity contribution in [2.75, 3.05) is 7.05 Å². The van der Waals surface area contributed by atoms with Crippen LogP contribution in [0.15, 0.2) is 5.16 Å². The zero-order valence-electron chi connectivity index (χ0n) is 26.5. The molecule has 5 heterocycles. The van der Waals surface area contributed by atoms with E-state index >= 15 is 0 Å². The first-order valence-corrected chi connectivity index (χ1v) is 15.4. The Morgan fingerprint density at radius 1 is 1.02 bits per heavy atom. The average molecular weight is 611 g/mol. The minimum Gasteiger partial charge on any atom is -0.458 e. The lowest BCUT2D eigenvalue weighted by Crippen LogP contribution is -2.55. The van der Waals surface area contributed by atoms with Gasteiger partial charge in [-0.1, -0.05) is 32.9 Å². The summed E-state index contributed by atoms with van der Waals surface area (Å²) in [5, 5.41) is 13.9. The van der Waals surface area contributed by atoms with Gasteiger partial charge in [0.25, 0.3) is 0 Å². The highest BCUT2D eigenvalue weighted by Gasteiger charge is 2.61. The smallest absolute Gasteiger partial charge is 0.458 e. The van der Waals surface area contributed by atoms with Gasteiger partial charge in [0.05, 0.1) is 41.6 Å². The molecule has 1 N–H and O–H groups in total. The summed E-state index contributed by atoms with van der Waals surface area (Å²) in [5.74, 6) is -2.46. The number of rotatable bonds is 3. The SMILES string of the molecule is CC[C@H]1OC(=O)[C@H](C)[C@H]2O[C@](C)(C[C@@H](C)/C(=N/O)[C@H](C)[C@H]3OC(=O)O[C@@]31C)[C@H](O[C@@H]1O[C@H](C)C[C@H]3[C@H]1OC(=O)N3C)[C@H]2C. The van der Waals surface area contributed by atoms with E-state index in [-0.39, 0.29) is 24.0 Å². The van der Waals surface area contributed by atoms with E-state index in [1.165, 1.54) is 0 Å². The van der Waals surface area contributed by atoms with Crippen molar-refractivity contribution in [1.29, 1.82) is 0 Å². The van der Waals surface area contributed by atoms with Gasteiger partial charge in [-0.3, -0.25) is 4.79 Å². The predicted molar refractivity (Wildman–Crippen MR) is 149 cm³/mol. The number of amides is 1. The Bertz CT molecular complexity index is 1150. The fraction of sp³-hybridized carbons (Fsp3) is 0.867. The molecule has 5 rings (SSSR count). The van der Waals surface area contributed by atoms with Crippen molar-refractivity contribution in [2.24, 2.45) is 28.8 Å². The largest absolute Gasteiger partial charge is 0.509 e. The summed E-state index contributed by atoms with van der Waals surface area (Å²) in [6.07, 6.45) is -4.52. The highest BCUT2D eigenvalue weighted by molar-refractivity contribution is 5.89. The zero-order chi connectivity index (χ0) is 31.6. The first-order valence-electron chi connectivity index (χ1n) is 15.4. The van der Waals surface area contributed by atoms with Gasteiger partial charge < -0.3 is 43.3 Å². The maximum absolute atomic E-state index is 13.7. The van der Waals surface area contributed by atoms with Crippen molar-refractivity contribution in [3.05, 3.63) is 0 Å². The lowest BCUT2D eigenvalue weighted by molar-refractivity contribution is -0.270. The van der Waals surface area contributed by atoms with E-state index in [4.69, 9.17) is 33.2 Å². The number of nitrogens with zero attached hydrogens (tertiary/aromatic N) is 2. The van der Waals surface area contributed by atoms with Crippen LogP contribution in [-0.2, 0) is 38.0 Å². The minimum absolute atomic E-state index is 0.181. The summed E-state index contributed by atoms with van der Waals surface area (Å²) in [6.45, 7) is 14.8. The van der Waals surface area contributed by atoms with Crippen molar-refractivity contribution in [1.82, 2.24) is 4.90 Å². The van der Waals surface area contributed by atoms with Crippen molar-refractivity contribution >= 4 is 23.9 Å². The van der Waals surface area contributed by atoms with Gasteiger partial charge in [0.2, 0.25) is 0 Å². The number of ether oxygens (including phenoxy) is 7. The summed E-state index contributed by atoms with van der Waals surface area (Å²) >= 11 is 0. The number of fused-ring (bicyclic) bond motifs is 4. The van der Waals surface area contributed by atoms with E-state index in [0.717, 1.165) is 0 Å². The molecule has 13 heteroatoms. The number of carbonyl (C=O) groups is 3. The van der Waals surface area contributed by atoms with Crippen LogP contribution in [0.1, 0.15) is 74.7 Å². The van der Waals surface area contributed by atoms with Crippen LogP contribution in [0.25, 0.3) is 0 Å². The summed E-state index contributed by atoms with van der Waals surface area (Å²) in [6, 6.07) is -0.197. The second-order valence-corrected chi connectivity index (χ2v) is 13.5. The van der Waals surface area contributed by atoms with Gasteiger partial charge in [-0.25, -0.2) is 9.59 Å². The van der Waals surface area contributed by atoms with E-state index < -0.39 is 78.1 Å². The van der Waals surface area contributed by atoms with Crippen molar-refractivity contribution in [3.63, 3.8) is 0 Å². The number of hydrogen-bond donors (Lipinski definition) is 1. The van der Waals surface area contributed by atoms with Crippen LogP contribution in [0, 0.1) is 23.7 Å². The Labute approximate surface area is 252 Å². The molecule has 242 valence electrons. The Hall–Kier alpha value is -2.64. The lowest BCUT2D eigenvalue weighted by atomic mass is 9.75. The Morgan fingerprint density at radius 2 is 1.72 bits per heavy atom. The third-order valence-corrected chi connectivity index (χ3v) is 10.4. The molecular formula is C30H46N2O11. The molecule has 0 aromatic carbocycles. The molecule has 0 spiro atoms. The molecule has 0 saturated carbocycles. The first-order chi connectivity index (χ1) is 20.1. The molecule has 43 heavy (non-hydrogen) atoms. The standard InChI is InChI=1S/C30H46N2O11/c1-10-19-30(8)24(41-28(35)43-30)15(4)20(31-36)13(2)12-29(7)23(16(5)21(42-29)17(6)25(33)38-19)40-26-22-18(11-14(3)37-26)32(9)27(34)39-22/h13-19,21-24,26,36H,10-12H2,1-9H3/b31-20-/t13-,14-,15+,16+,17-,18+,19-,21+,22-,23-,24-,26+,29-,30-/m1/s1. The molecule has 14 atom stereocenters. The second kappa shape index (κ2) is 11.4. The van der Waals surface area contributed by atoms with Crippen LogP contribution in [0.3, 0.4) is 0 Å².